The lowest BCUT2D eigenvalue weighted by molar-refractivity contribution is -0.259. The van der Waals surface area contributed by atoms with E-state index in [1.165, 1.54) is 16.9 Å². The number of aliphatic hydroxyl groups excluding tert-OH is 1. The zero-order valence-electron chi connectivity index (χ0n) is 21.2. The maximum Gasteiger partial charge on any atom is 0.173 e. The highest BCUT2D eigenvalue weighted by atomic mass is 16.7. The monoisotopic (exact) mass is 486 g/mol. The summed E-state index contributed by atoms with van der Waals surface area (Å²) in [6.07, 6.45) is 10.3. The van der Waals surface area contributed by atoms with Crippen LogP contribution in [-0.4, -0.2) is 68.0 Å². The zero-order valence-corrected chi connectivity index (χ0v) is 21.2. The van der Waals surface area contributed by atoms with Gasteiger partial charge >= 0.3 is 0 Å². The molecule has 0 bridgehead atoms. The molecule has 1 N–H and O–H groups in total. The summed E-state index contributed by atoms with van der Waals surface area (Å²) in [6.45, 7) is 7.73. The van der Waals surface area contributed by atoms with Crippen LogP contribution in [-0.2, 0) is 28.4 Å². The normalized spacial score (nSPS) is 54.0. The van der Waals surface area contributed by atoms with Gasteiger partial charge in [-0.1, -0.05) is 25.2 Å². The number of methoxy groups -OCH3 is 1. The van der Waals surface area contributed by atoms with Crippen molar-refractivity contribution in [2.24, 2.45) is 22.7 Å². The van der Waals surface area contributed by atoms with Crippen LogP contribution < -0.4 is 0 Å². The van der Waals surface area contributed by atoms with Crippen LogP contribution in [0.2, 0.25) is 0 Å². The Bertz CT molecular complexity index is 1000. The number of fused-ring (bicyclic) bond motifs is 3. The number of hydrogen-bond acceptors (Lipinski definition) is 7. The average molecular weight is 487 g/mol. The molecule has 0 radical (unpaired) electrons. The first-order valence-electron chi connectivity index (χ1n) is 13.4. The van der Waals surface area contributed by atoms with Crippen molar-refractivity contribution in [1.82, 2.24) is 0 Å². The van der Waals surface area contributed by atoms with E-state index in [2.05, 4.69) is 32.1 Å². The smallest absolute Gasteiger partial charge is 0.173 e. The van der Waals surface area contributed by atoms with Gasteiger partial charge in [-0.05, 0) is 62.0 Å². The van der Waals surface area contributed by atoms with Crippen LogP contribution in [0.1, 0.15) is 52.9 Å². The molecule has 1 spiro atoms. The minimum Gasteiger partial charge on any atom is -0.491 e. The van der Waals surface area contributed by atoms with Crippen molar-refractivity contribution in [2.45, 2.75) is 95.5 Å². The summed E-state index contributed by atoms with van der Waals surface area (Å²) < 4.78 is 36.8. The molecule has 4 heterocycles. The van der Waals surface area contributed by atoms with Gasteiger partial charge in [0.15, 0.2) is 12.1 Å². The predicted octanol–water partition coefficient (Wildman–Crippen LogP) is 3.62. The molecule has 0 amide bonds. The van der Waals surface area contributed by atoms with Gasteiger partial charge in [0, 0.05) is 13.5 Å². The van der Waals surface area contributed by atoms with E-state index in [-0.39, 0.29) is 41.5 Å². The molecular formula is C28H38O7. The Morgan fingerprint density at radius 1 is 1.11 bits per heavy atom. The fraction of sp³-hybridized carbons (Fsp3) is 0.786. The van der Waals surface area contributed by atoms with Crippen LogP contribution in [0.25, 0.3) is 0 Å². The van der Waals surface area contributed by atoms with Gasteiger partial charge in [-0.3, -0.25) is 0 Å². The summed E-state index contributed by atoms with van der Waals surface area (Å²) in [5, 5.41) is 10.3. The summed E-state index contributed by atoms with van der Waals surface area (Å²) in [4.78, 5) is 0. The number of aliphatic hydroxyl groups is 1. The van der Waals surface area contributed by atoms with Crippen LogP contribution in [0.4, 0.5) is 0 Å². The van der Waals surface area contributed by atoms with Crippen molar-refractivity contribution in [2.75, 3.05) is 20.3 Å². The van der Waals surface area contributed by atoms with Gasteiger partial charge in [-0.2, -0.15) is 0 Å². The van der Waals surface area contributed by atoms with E-state index in [0.29, 0.717) is 31.5 Å². The van der Waals surface area contributed by atoms with E-state index < -0.39 is 11.9 Å². The number of hydrogen-bond donors (Lipinski definition) is 1. The van der Waals surface area contributed by atoms with Gasteiger partial charge in [-0.15, -0.1) is 0 Å². The number of allylic oxidation sites excluding steroid dienone is 4. The fourth-order valence-electron chi connectivity index (χ4n) is 8.46. The Morgan fingerprint density at radius 3 is 2.80 bits per heavy atom. The van der Waals surface area contributed by atoms with Crippen molar-refractivity contribution in [3.63, 3.8) is 0 Å². The van der Waals surface area contributed by atoms with Crippen molar-refractivity contribution in [1.29, 1.82) is 0 Å². The van der Waals surface area contributed by atoms with Crippen molar-refractivity contribution in [3.8, 4) is 0 Å². The lowest BCUT2D eigenvalue weighted by atomic mass is 9.54. The molecule has 11 atom stereocenters. The van der Waals surface area contributed by atoms with Crippen molar-refractivity contribution in [3.05, 3.63) is 35.1 Å². The lowest BCUT2D eigenvalue weighted by Gasteiger charge is -2.50. The molecule has 0 aromatic rings. The minimum atomic E-state index is -0.623. The lowest BCUT2D eigenvalue weighted by Crippen LogP contribution is -2.49. The van der Waals surface area contributed by atoms with E-state index in [1.54, 1.807) is 7.11 Å². The molecule has 5 unspecified atom stereocenters. The highest BCUT2D eigenvalue weighted by molar-refractivity contribution is 5.48. The summed E-state index contributed by atoms with van der Waals surface area (Å²) in [5.74, 6) is 1.44. The first-order chi connectivity index (χ1) is 16.8. The second-order valence-corrected chi connectivity index (χ2v) is 12.1. The van der Waals surface area contributed by atoms with Crippen LogP contribution in [0.5, 0.6) is 0 Å². The third-order valence-corrected chi connectivity index (χ3v) is 10.4. The summed E-state index contributed by atoms with van der Waals surface area (Å²) in [6, 6.07) is 0. The Balaban J connectivity index is 1.16. The van der Waals surface area contributed by atoms with Gasteiger partial charge in [0.25, 0.3) is 0 Å². The third-order valence-electron chi connectivity index (χ3n) is 10.4. The van der Waals surface area contributed by atoms with E-state index in [4.69, 9.17) is 28.4 Å². The molecule has 4 fully saturated rings. The van der Waals surface area contributed by atoms with Crippen LogP contribution in [0.3, 0.4) is 0 Å². The molecule has 0 saturated carbocycles. The maximum absolute atomic E-state index is 10.3. The summed E-state index contributed by atoms with van der Waals surface area (Å²) in [7, 11) is 1.64. The second kappa shape index (κ2) is 7.65. The van der Waals surface area contributed by atoms with Gasteiger partial charge in [0.05, 0.1) is 42.9 Å². The van der Waals surface area contributed by atoms with Crippen molar-refractivity contribution >= 4 is 0 Å². The van der Waals surface area contributed by atoms with Crippen LogP contribution >= 0.6 is 0 Å². The maximum atomic E-state index is 10.3. The molecule has 0 aromatic heterocycles. The average Bonchev–Trinajstić information content (AvgIpc) is 3.46. The molecule has 7 nitrogen and oxygen atoms in total. The van der Waals surface area contributed by atoms with E-state index in [0.717, 1.165) is 25.7 Å². The van der Waals surface area contributed by atoms with E-state index >= 15 is 0 Å². The van der Waals surface area contributed by atoms with Crippen LogP contribution in [0.15, 0.2) is 35.1 Å². The molecule has 192 valence electrons. The molecule has 7 heteroatoms. The Morgan fingerprint density at radius 2 is 1.97 bits per heavy atom. The van der Waals surface area contributed by atoms with Gasteiger partial charge < -0.3 is 33.5 Å². The summed E-state index contributed by atoms with van der Waals surface area (Å²) in [5.41, 5.74) is 2.80. The Kier molecular flexibility index (Phi) is 5.01. The first kappa shape index (κ1) is 22.9. The zero-order chi connectivity index (χ0) is 24.2. The topological polar surface area (TPSA) is 75.6 Å². The SMILES string of the molecule is COC1CC(OC2C=C3C=CC4=C5O[C@@H]6CO[C@]7(C)OC[C@@]5(CC[C@@H]4[C@@]3(C)CC2)[C@H]67)OC(C)C1O. The largest absolute Gasteiger partial charge is 0.491 e. The standard InChI is InChI=1S/C28H38O7/c1-15-23(29)20(30-4)12-22(33-15)34-17-7-9-26(2)16(11-17)5-6-18-19(26)8-10-28-14-32-27(3)24(28)21(13-31-27)35-25(18)28/h5-6,11,15,17,19-24,29H,7-10,12-14H2,1-4H3/t15?,17?,19-,20?,21+,22?,23?,24+,26-,27+,28-/m0/s1. The molecule has 4 aliphatic heterocycles. The Labute approximate surface area is 207 Å². The van der Waals surface area contributed by atoms with Crippen LogP contribution in [0, 0.1) is 22.7 Å². The van der Waals surface area contributed by atoms with Gasteiger partial charge in [-0.25, -0.2) is 0 Å². The quantitative estimate of drug-likeness (QED) is 0.653. The van der Waals surface area contributed by atoms with Crippen molar-refractivity contribution < 1.29 is 33.5 Å². The van der Waals surface area contributed by atoms with E-state index in [1.807, 2.05) is 6.92 Å². The molecule has 7 aliphatic rings. The molecule has 7 rings (SSSR count). The third kappa shape index (κ3) is 3.06. The second-order valence-electron chi connectivity index (χ2n) is 12.1. The fourth-order valence-corrected chi connectivity index (χ4v) is 8.46. The highest BCUT2D eigenvalue weighted by Crippen LogP contribution is 2.68. The minimum absolute atomic E-state index is 0.0000131. The number of ether oxygens (including phenoxy) is 6. The molecular weight excluding hydrogens is 448 g/mol. The first-order valence-corrected chi connectivity index (χ1v) is 13.4. The Hall–Kier alpha value is -1.22. The highest BCUT2D eigenvalue weighted by Gasteiger charge is 2.72. The predicted molar refractivity (Wildman–Crippen MR) is 126 cm³/mol. The molecule has 0 aromatic carbocycles. The summed E-state index contributed by atoms with van der Waals surface area (Å²) >= 11 is 0. The molecule has 3 aliphatic carbocycles. The molecule has 35 heavy (non-hydrogen) atoms. The number of rotatable bonds is 3. The van der Waals surface area contributed by atoms with Gasteiger partial charge in [0.2, 0.25) is 0 Å². The molecule has 4 saturated heterocycles. The van der Waals surface area contributed by atoms with Gasteiger partial charge in [0.1, 0.15) is 18.0 Å². The van der Waals surface area contributed by atoms with E-state index in [9.17, 15) is 5.11 Å².